The van der Waals surface area contributed by atoms with Crippen LogP contribution >= 0.6 is 0 Å². The quantitative estimate of drug-likeness (QED) is 0.764. The first-order valence-corrected chi connectivity index (χ1v) is 6.04. The third-order valence-electron chi connectivity index (χ3n) is 2.68. The molecule has 0 heterocycles. The second-order valence-electron chi connectivity index (χ2n) is 4.31. The third-order valence-corrected chi connectivity index (χ3v) is 2.68. The van der Waals surface area contributed by atoms with E-state index in [1.54, 1.807) is 7.11 Å². The number of hydrogen-bond donors (Lipinski definition) is 1. The number of aryl methyl sites for hydroxylation is 1. The van der Waals surface area contributed by atoms with Crippen LogP contribution in [0.5, 0.6) is 0 Å². The van der Waals surface area contributed by atoms with Gasteiger partial charge < -0.3 is 10.1 Å². The Labute approximate surface area is 99.0 Å². The first kappa shape index (κ1) is 13.2. The van der Waals surface area contributed by atoms with E-state index in [9.17, 15) is 0 Å². The van der Waals surface area contributed by atoms with Crippen molar-refractivity contribution in [2.45, 2.75) is 39.3 Å². The van der Waals surface area contributed by atoms with Crippen molar-refractivity contribution in [3.63, 3.8) is 0 Å². The Balaban J connectivity index is 2.41. The van der Waals surface area contributed by atoms with E-state index in [0.717, 1.165) is 13.2 Å². The van der Waals surface area contributed by atoms with Crippen molar-refractivity contribution in [2.75, 3.05) is 13.7 Å². The van der Waals surface area contributed by atoms with Gasteiger partial charge in [0.2, 0.25) is 0 Å². The van der Waals surface area contributed by atoms with Gasteiger partial charge in [0.15, 0.2) is 0 Å². The van der Waals surface area contributed by atoms with Gasteiger partial charge in [-0.25, -0.2) is 0 Å². The third kappa shape index (κ3) is 4.77. The topological polar surface area (TPSA) is 21.3 Å². The zero-order chi connectivity index (χ0) is 11.8. The molecule has 2 heteroatoms. The highest BCUT2D eigenvalue weighted by molar-refractivity contribution is 5.21. The SMILES string of the molecule is CCCC(COC)NCc1cccc(C)c1. The summed E-state index contributed by atoms with van der Waals surface area (Å²) < 4.78 is 5.21. The number of methoxy groups -OCH3 is 1. The van der Waals surface area contributed by atoms with Crippen LogP contribution in [0.4, 0.5) is 0 Å². The van der Waals surface area contributed by atoms with Crippen molar-refractivity contribution in [3.8, 4) is 0 Å². The maximum Gasteiger partial charge on any atom is 0.0615 e. The molecule has 0 aliphatic rings. The van der Waals surface area contributed by atoms with Gasteiger partial charge in [-0.05, 0) is 18.9 Å². The normalized spacial score (nSPS) is 12.7. The maximum atomic E-state index is 5.21. The molecule has 0 aliphatic heterocycles. The van der Waals surface area contributed by atoms with Crippen LogP contribution in [-0.4, -0.2) is 19.8 Å². The lowest BCUT2D eigenvalue weighted by Crippen LogP contribution is -2.32. The van der Waals surface area contributed by atoms with Crippen LogP contribution in [0.1, 0.15) is 30.9 Å². The van der Waals surface area contributed by atoms with Crippen LogP contribution in [0.25, 0.3) is 0 Å². The van der Waals surface area contributed by atoms with Gasteiger partial charge in [0.1, 0.15) is 0 Å². The molecule has 0 amide bonds. The summed E-state index contributed by atoms with van der Waals surface area (Å²) in [5.41, 5.74) is 2.66. The predicted octanol–water partition coefficient (Wildman–Crippen LogP) is 2.90. The highest BCUT2D eigenvalue weighted by Crippen LogP contribution is 2.05. The van der Waals surface area contributed by atoms with Gasteiger partial charge in [-0.3, -0.25) is 0 Å². The summed E-state index contributed by atoms with van der Waals surface area (Å²) in [5.74, 6) is 0. The molecule has 0 radical (unpaired) electrons. The molecule has 2 nitrogen and oxygen atoms in total. The van der Waals surface area contributed by atoms with E-state index < -0.39 is 0 Å². The largest absolute Gasteiger partial charge is 0.383 e. The zero-order valence-electron chi connectivity index (χ0n) is 10.6. The van der Waals surface area contributed by atoms with Gasteiger partial charge >= 0.3 is 0 Å². The molecule has 90 valence electrons. The predicted molar refractivity (Wildman–Crippen MR) is 68.6 cm³/mol. The first-order valence-electron chi connectivity index (χ1n) is 6.04. The minimum absolute atomic E-state index is 0.468. The van der Waals surface area contributed by atoms with Crippen molar-refractivity contribution < 1.29 is 4.74 Å². The summed E-state index contributed by atoms with van der Waals surface area (Å²) in [6.07, 6.45) is 2.36. The van der Waals surface area contributed by atoms with E-state index in [4.69, 9.17) is 4.74 Å². The van der Waals surface area contributed by atoms with E-state index in [0.29, 0.717) is 6.04 Å². The molecule has 1 atom stereocenters. The summed E-state index contributed by atoms with van der Waals surface area (Å²) in [7, 11) is 1.76. The fraction of sp³-hybridized carbons (Fsp3) is 0.571. The van der Waals surface area contributed by atoms with Gasteiger partial charge in [0.25, 0.3) is 0 Å². The maximum absolute atomic E-state index is 5.21. The molecule has 0 aromatic heterocycles. The van der Waals surface area contributed by atoms with Gasteiger partial charge in [0.05, 0.1) is 6.61 Å². The minimum atomic E-state index is 0.468. The van der Waals surface area contributed by atoms with Crippen molar-refractivity contribution in [1.82, 2.24) is 5.32 Å². The standard InChI is InChI=1S/C14H23NO/c1-4-6-14(11-16-3)15-10-13-8-5-7-12(2)9-13/h5,7-9,14-15H,4,6,10-11H2,1-3H3. The number of rotatable bonds is 7. The van der Waals surface area contributed by atoms with Crippen molar-refractivity contribution in [3.05, 3.63) is 35.4 Å². The fourth-order valence-electron chi connectivity index (χ4n) is 1.88. The molecule has 1 N–H and O–H groups in total. The summed E-state index contributed by atoms with van der Waals surface area (Å²) >= 11 is 0. The summed E-state index contributed by atoms with van der Waals surface area (Å²) in [6, 6.07) is 9.09. The zero-order valence-corrected chi connectivity index (χ0v) is 10.6. The van der Waals surface area contributed by atoms with E-state index >= 15 is 0 Å². The van der Waals surface area contributed by atoms with E-state index in [1.807, 2.05) is 0 Å². The lowest BCUT2D eigenvalue weighted by atomic mass is 10.1. The molecule has 0 saturated carbocycles. The van der Waals surface area contributed by atoms with Crippen LogP contribution < -0.4 is 5.32 Å². The monoisotopic (exact) mass is 221 g/mol. The number of hydrogen-bond acceptors (Lipinski definition) is 2. The first-order chi connectivity index (χ1) is 7.76. The molecular weight excluding hydrogens is 198 g/mol. The lowest BCUT2D eigenvalue weighted by molar-refractivity contribution is 0.161. The molecule has 0 saturated heterocycles. The highest BCUT2D eigenvalue weighted by atomic mass is 16.5. The van der Waals surface area contributed by atoms with Crippen molar-refractivity contribution in [1.29, 1.82) is 0 Å². The van der Waals surface area contributed by atoms with Crippen LogP contribution in [0.15, 0.2) is 24.3 Å². The second kappa shape index (κ2) is 7.42. The average molecular weight is 221 g/mol. The Morgan fingerprint density at radius 1 is 1.38 bits per heavy atom. The van der Waals surface area contributed by atoms with Crippen molar-refractivity contribution >= 4 is 0 Å². The minimum Gasteiger partial charge on any atom is -0.383 e. The molecule has 1 rings (SSSR count). The van der Waals surface area contributed by atoms with Gasteiger partial charge in [-0.1, -0.05) is 43.2 Å². The fourth-order valence-corrected chi connectivity index (χ4v) is 1.88. The number of benzene rings is 1. The molecule has 1 aromatic rings. The van der Waals surface area contributed by atoms with E-state index in [-0.39, 0.29) is 0 Å². The van der Waals surface area contributed by atoms with Crippen LogP contribution in [0.2, 0.25) is 0 Å². The molecule has 0 bridgehead atoms. The molecule has 1 aromatic carbocycles. The van der Waals surface area contributed by atoms with E-state index in [2.05, 4.69) is 43.4 Å². The summed E-state index contributed by atoms with van der Waals surface area (Å²) in [4.78, 5) is 0. The van der Waals surface area contributed by atoms with Crippen LogP contribution in [0, 0.1) is 6.92 Å². The number of nitrogens with one attached hydrogen (secondary N) is 1. The Morgan fingerprint density at radius 2 is 2.19 bits per heavy atom. The molecule has 16 heavy (non-hydrogen) atoms. The Morgan fingerprint density at radius 3 is 2.81 bits per heavy atom. The van der Waals surface area contributed by atoms with Gasteiger partial charge in [-0.15, -0.1) is 0 Å². The van der Waals surface area contributed by atoms with Crippen LogP contribution in [0.3, 0.4) is 0 Å². The number of ether oxygens (including phenoxy) is 1. The Bertz CT molecular complexity index is 293. The van der Waals surface area contributed by atoms with Gasteiger partial charge in [0, 0.05) is 19.7 Å². The molecule has 1 unspecified atom stereocenters. The molecular formula is C14H23NO. The lowest BCUT2D eigenvalue weighted by Gasteiger charge is -2.17. The summed E-state index contributed by atoms with van der Waals surface area (Å²) in [6.45, 7) is 6.05. The average Bonchev–Trinajstić information content (AvgIpc) is 2.27. The molecule has 0 fully saturated rings. The smallest absolute Gasteiger partial charge is 0.0615 e. The molecule has 0 spiro atoms. The Hall–Kier alpha value is -0.860. The second-order valence-corrected chi connectivity index (χ2v) is 4.31. The van der Waals surface area contributed by atoms with Crippen molar-refractivity contribution in [2.24, 2.45) is 0 Å². The van der Waals surface area contributed by atoms with Crippen LogP contribution in [-0.2, 0) is 11.3 Å². The highest BCUT2D eigenvalue weighted by Gasteiger charge is 2.06. The summed E-state index contributed by atoms with van der Waals surface area (Å²) in [5, 5.41) is 3.54. The van der Waals surface area contributed by atoms with E-state index in [1.165, 1.54) is 24.0 Å². The van der Waals surface area contributed by atoms with Gasteiger partial charge in [-0.2, -0.15) is 0 Å². The Kier molecular flexibility index (Phi) is 6.12. The molecule has 0 aliphatic carbocycles.